The van der Waals surface area contributed by atoms with Crippen molar-refractivity contribution in [1.82, 2.24) is 9.78 Å². The fraction of sp³-hybridized carbons (Fsp3) is 0.667. The summed E-state index contributed by atoms with van der Waals surface area (Å²) in [5.74, 6) is 0.152. The van der Waals surface area contributed by atoms with Crippen molar-refractivity contribution in [2.75, 3.05) is 13.2 Å². The van der Waals surface area contributed by atoms with E-state index < -0.39 is 13.5 Å². The van der Waals surface area contributed by atoms with Crippen LogP contribution in [0.25, 0.3) is 0 Å². The minimum atomic E-state index is -1.14. The Balaban J connectivity index is 2.71. The summed E-state index contributed by atoms with van der Waals surface area (Å²) < 4.78 is 12.5. The molecule has 124 valence electrons. The molecule has 0 amide bonds. The van der Waals surface area contributed by atoms with Gasteiger partial charge >= 0.3 is 0 Å². The number of rotatable bonds is 10. The summed E-state index contributed by atoms with van der Waals surface area (Å²) in [6.07, 6.45) is 3.78. The predicted molar refractivity (Wildman–Crippen MR) is 88.4 cm³/mol. The zero-order valence-electron chi connectivity index (χ0n) is 13.9. The Kier molecular flexibility index (Phi) is 7.47. The van der Waals surface area contributed by atoms with Gasteiger partial charge in [0.05, 0.1) is 12.8 Å². The molecule has 0 radical (unpaired) electrons. The SMILES string of the molecule is CCCCOc1cn(COCC[Si](C)(C)C)nc(C=O)c1=O. The minimum absolute atomic E-state index is 0.150. The number of carbonyl (C=O) groups is 1. The summed E-state index contributed by atoms with van der Waals surface area (Å²) >= 11 is 0. The molecule has 0 saturated carbocycles. The molecule has 1 heterocycles. The third kappa shape index (κ3) is 6.53. The summed E-state index contributed by atoms with van der Waals surface area (Å²) in [6.45, 7) is 10.2. The maximum absolute atomic E-state index is 11.9. The van der Waals surface area contributed by atoms with Crippen LogP contribution in [0.3, 0.4) is 0 Å². The Morgan fingerprint density at radius 3 is 2.64 bits per heavy atom. The number of hydrogen-bond donors (Lipinski definition) is 0. The lowest BCUT2D eigenvalue weighted by Gasteiger charge is -2.16. The van der Waals surface area contributed by atoms with Crippen molar-refractivity contribution in [2.45, 2.75) is 52.2 Å². The molecule has 0 bridgehead atoms. The van der Waals surface area contributed by atoms with Gasteiger partial charge in [-0.15, -0.1) is 0 Å². The van der Waals surface area contributed by atoms with Gasteiger partial charge in [0.1, 0.15) is 6.73 Å². The predicted octanol–water partition coefficient (Wildman–Crippen LogP) is 2.55. The zero-order valence-corrected chi connectivity index (χ0v) is 14.9. The van der Waals surface area contributed by atoms with Gasteiger partial charge in [-0.25, -0.2) is 4.68 Å². The van der Waals surface area contributed by atoms with Crippen LogP contribution >= 0.6 is 0 Å². The second-order valence-electron chi connectivity index (χ2n) is 6.42. The highest BCUT2D eigenvalue weighted by molar-refractivity contribution is 6.76. The third-order valence-corrected chi connectivity index (χ3v) is 4.75. The van der Waals surface area contributed by atoms with Gasteiger partial charge in [-0.05, 0) is 12.5 Å². The van der Waals surface area contributed by atoms with Crippen molar-refractivity contribution in [3.8, 4) is 5.75 Å². The maximum atomic E-state index is 11.9. The normalized spacial score (nSPS) is 11.5. The molecule has 0 aliphatic rings. The van der Waals surface area contributed by atoms with E-state index in [0.29, 0.717) is 19.5 Å². The lowest BCUT2D eigenvalue weighted by Crippen LogP contribution is -2.23. The van der Waals surface area contributed by atoms with Crippen molar-refractivity contribution in [3.05, 3.63) is 22.1 Å². The number of unbranched alkanes of at least 4 members (excludes halogenated alkanes) is 1. The summed E-state index contributed by atoms with van der Waals surface area (Å²) in [5.41, 5.74) is -0.618. The Labute approximate surface area is 132 Å². The van der Waals surface area contributed by atoms with E-state index in [1.807, 2.05) is 6.92 Å². The first-order valence-electron chi connectivity index (χ1n) is 7.65. The highest BCUT2D eigenvalue weighted by Crippen LogP contribution is 2.08. The molecule has 1 aromatic rings. The van der Waals surface area contributed by atoms with Crippen LogP contribution in [0.2, 0.25) is 25.7 Å². The van der Waals surface area contributed by atoms with Crippen LogP contribution in [0.4, 0.5) is 0 Å². The quantitative estimate of drug-likeness (QED) is 0.375. The number of hydrogen-bond acceptors (Lipinski definition) is 5. The van der Waals surface area contributed by atoms with Gasteiger partial charge < -0.3 is 9.47 Å². The van der Waals surface area contributed by atoms with Crippen molar-refractivity contribution >= 4 is 14.4 Å². The molecular formula is C15H26N2O4Si. The Morgan fingerprint density at radius 1 is 1.32 bits per heavy atom. The number of nitrogens with zero attached hydrogens (tertiary/aromatic N) is 2. The van der Waals surface area contributed by atoms with E-state index in [2.05, 4.69) is 24.7 Å². The van der Waals surface area contributed by atoms with E-state index in [0.717, 1.165) is 18.9 Å². The van der Waals surface area contributed by atoms with Gasteiger partial charge in [0.15, 0.2) is 17.7 Å². The van der Waals surface area contributed by atoms with Gasteiger partial charge in [-0.3, -0.25) is 9.59 Å². The zero-order chi connectivity index (χ0) is 16.6. The molecule has 1 rings (SSSR count). The molecule has 0 atom stereocenters. The van der Waals surface area contributed by atoms with Crippen LogP contribution in [0, 0.1) is 0 Å². The van der Waals surface area contributed by atoms with Crippen molar-refractivity contribution in [3.63, 3.8) is 0 Å². The largest absolute Gasteiger partial charge is 0.488 e. The number of carbonyl (C=O) groups excluding carboxylic acids is 1. The molecule has 7 heteroatoms. The van der Waals surface area contributed by atoms with Gasteiger partial charge in [-0.2, -0.15) is 5.10 Å². The standard InChI is InChI=1S/C15H26N2O4Si/c1-5-6-7-21-14-10-17(16-13(11-18)15(14)19)12-20-8-9-22(2,3)4/h10-11H,5-9,12H2,1-4H3. The Bertz CT molecular complexity index is 537. The second-order valence-corrected chi connectivity index (χ2v) is 12.0. The molecule has 6 nitrogen and oxygen atoms in total. The highest BCUT2D eigenvalue weighted by Gasteiger charge is 2.13. The van der Waals surface area contributed by atoms with E-state index in [1.54, 1.807) is 0 Å². The van der Waals surface area contributed by atoms with Gasteiger partial charge in [0, 0.05) is 14.7 Å². The van der Waals surface area contributed by atoms with E-state index in [4.69, 9.17) is 9.47 Å². The van der Waals surface area contributed by atoms with Crippen LogP contribution in [-0.4, -0.2) is 37.4 Å². The molecule has 22 heavy (non-hydrogen) atoms. The molecule has 0 N–H and O–H groups in total. The molecule has 0 fully saturated rings. The Hall–Kier alpha value is -1.47. The fourth-order valence-electron chi connectivity index (χ4n) is 1.64. The molecule has 0 saturated heterocycles. The minimum Gasteiger partial charge on any atom is -0.488 e. The number of aldehydes is 1. The summed E-state index contributed by atoms with van der Waals surface area (Å²) in [5, 5.41) is 3.96. The second kappa shape index (κ2) is 8.85. The van der Waals surface area contributed by atoms with E-state index in [9.17, 15) is 9.59 Å². The first kappa shape index (κ1) is 18.6. The van der Waals surface area contributed by atoms with Crippen molar-refractivity contribution in [1.29, 1.82) is 0 Å². The molecule has 0 unspecified atom stereocenters. The first-order chi connectivity index (χ1) is 10.4. The van der Waals surface area contributed by atoms with E-state index >= 15 is 0 Å². The Morgan fingerprint density at radius 2 is 2.05 bits per heavy atom. The monoisotopic (exact) mass is 326 g/mol. The molecular weight excluding hydrogens is 300 g/mol. The van der Waals surface area contributed by atoms with Crippen LogP contribution < -0.4 is 10.2 Å². The molecule has 0 aliphatic heterocycles. The molecule has 0 spiro atoms. The van der Waals surface area contributed by atoms with Crippen molar-refractivity contribution < 1.29 is 14.3 Å². The number of aromatic nitrogens is 2. The van der Waals surface area contributed by atoms with Crippen LogP contribution in [0.5, 0.6) is 5.75 Å². The molecule has 0 aliphatic carbocycles. The average molecular weight is 326 g/mol. The summed E-state index contributed by atoms with van der Waals surface area (Å²) in [4.78, 5) is 22.9. The van der Waals surface area contributed by atoms with Crippen molar-refractivity contribution in [2.24, 2.45) is 0 Å². The van der Waals surface area contributed by atoms with Crippen LogP contribution in [0.1, 0.15) is 30.3 Å². The third-order valence-electron chi connectivity index (χ3n) is 3.05. The lowest BCUT2D eigenvalue weighted by molar-refractivity contribution is 0.0757. The van der Waals surface area contributed by atoms with E-state index in [1.165, 1.54) is 10.9 Å². The van der Waals surface area contributed by atoms with Gasteiger partial charge in [-0.1, -0.05) is 33.0 Å². The first-order valence-corrected chi connectivity index (χ1v) is 11.4. The van der Waals surface area contributed by atoms with E-state index in [-0.39, 0.29) is 18.2 Å². The lowest BCUT2D eigenvalue weighted by atomic mass is 10.3. The maximum Gasteiger partial charge on any atom is 0.252 e. The average Bonchev–Trinajstić information content (AvgIpc) is 2.45. The van der Waals surface area contributed by atoms with Crippen LogP contribution in [-0.2, 0) is 11.5 Å². The topological polar surface area (TPSA) is 70.4 Å². The van der Waals surface area contributed by atoms with Gasteiger partial charge in [0.2, 0.25) is 0 Å². The van der Waals surface area contributed by atoms with Gasteiger partial charge in [0.25, 0.3) is 5.43 Å². The van der Waals surface area contributed by atoms with Crippen LogP contribution in [0.15, 0.2) is 11.0 Å². The smallest absolute Gasteiger partial charge is 0.252 e. The summed E-state index contributed by atoms with van der Waals surface area (Å²) in [7, 11) is -1.14. The highest BCUT2D eigenvalue weighted by atomic mass is 28.3. The molecule has 0 aromatic carbocycles. The molecule has 1 aromatic heterocycles. The summed E-state index contributed by atoms with van der Waals surface area (Å²) in [6, 6.07) is 1.05. The fourth-order valence-corrected chi connectivity index (χ4v) is 2.40. The number of ether oxygens (including phenoxy) is 2.